The molecule has 0 aromatic rings. The van der Waals surface area contributed by atoms with Crippen molar-refractivity contribution in [1.82, 2.24) is 15.5 Å². The summed E-state index contributed by atoms with van der Waals surface area (Å²) >= 11 is 0. The average Bonchev–Trinajstić information content (AvgIpc) is 2.05. The van der Waals surface area contributed by atoms with Crippen LogP contribution >= 0.6 is 0 Å². The molecule has 4 nitrogen and oxygen atoms in total. The second-order valence-corrected chi connectivity index (χ2v) is 3.16. The highest BCUT2D eigenvalue weighted by Crippen LogP contribution is 1.95. The maximum absolute atomic E-state index is 11.3. The summed E-state index contributed by atoms with van der Waals surface area (Å²) in [6.45, 7) is 5.38. The van der Waals surface area contributed by atoms with Gasteiger partial charge in [-0.15, -0.1) is 0 Å². The molecule has 0 bridgehead atoms. The molecule has 1 atom stereocenters. The normalized spacial score (nSPS) is 25.3. The number of carbonyl (C=O) groups excluding carboxylic acids is 1. The van der Waals surface area contributed by atoms with Crippen LogP contribution in [0, 0.1) is 0 Å². The van der Waals surface area contributed by atoms with E-state index in [0.29, 0.717) is 6.54 Å². The van der Waals surface area contributed by atoms with E-state index in [1.54, 1.807) is 0 Å². The number of hydrogen-bond acceptors (Lipinski definition) is 3. The zero-order valence-electron chi connectivity index (χ0n) is 7.76. The fourth-order valence-electron chi connectivity index (χ4n) is 1.37. The van der Waals surface area contributed by atoms with Crippen LogP contribution in [0.5, 0.6) is 0 Å². The Balaban J connectivity index is 2.35. The first-order valence-electron chi connectivity index (χ1n) is 4.43. The first-order valence-corrected chi connectivity index (χ1v) is 4.43. The molecule has 1 unspecified atom stereocenters. The maximum atomic E-state index is 11.3. The summed E-state index contributed by atoms with van der Waals surface area (Å²) < 4.78 is 0. The third kappa shape index (κ3) is 2.46. The molecule has 1 aliphatic heterocycles. The molecule has 0 saturated carbocycles. The molecule has 1 heterocycles. The van der Waals surface area contributed by atoms with Gasteiger partial charge in [0.2, 0.25) is 5.91 Å². The summed E-state index contributed by atoms with van der Waals surface area (Å²) in [5.41, 5.74) is 0. The van der Waals surface area contributed by atoms with Crippen molar-refractivity contribution in [1.29, 1.82) is 0 Å². The number of piperazine rings is 1. The summed E-state index contributed by atoms with van der Waals surface area (Å²) in [4.78, 5) is 13.5. The maximum Gasteiger partial charge on any atom is 0.238 e. The SMILES string of the molecule is CCNC(=O)C1CN(C)CCN1. The van der Waals surface area contributed by atoms with Crippen molar-refractivity contribution in [2.75, 3.05) is 33.2 Å². The molecular weight excluding hydrogens is 154 g/mol. The topological polar surface area (TPSA) is 44.4 Å². The number of carbonyl (C=O) groups is 1. The van der Waals surface area contributed by atoms with Crippen LogP contribution in [0.4, 0.5) is 0 Å². The van der Waals surface area contributed by atoms with Gasteiger partial charge in [-0.3, -0.25) is 4.79 Å². The second kappa shape index (κ2) is 4.42. The first-order chi connectivity index (χ1) is 5.74. The summed E-state index contributed by atoms with van der Waals surface area (Å²) in [7, 11) is 2.03. The third-order valence-electron chi connectivity index (χ3n) is 2.05. The van der Waals surface area contributed by atoms with Crippen LogP contribution in [0.25, 0.3) is 0 Å². The lowest BCUT2D eigenvalue weighted by Crippen LogP contribution is -2.56. The van der Waals surface area contributed by atoms with E-state index >= 15 is 0 Å². The molecule has 1 rings (SSSR count). The van der Waals surface area contributed by atoms with Crippen LogP contribution in [-0.4, -0.2) is 50.1 Å². The molecule has 0 radical (unpaired) electrons. The quantitative estimate of drug-likeness (QED) is 0.561. The van der Waals surface area contributed by atoms with Crippen molar-refractivity contribution >= 4 is 5.91 Å². The Labute approximate surface area is 73.3 Å². The number of amides is 1. The minimum absolute atomic E-state index is 0.0244. The molecule has 70 valence electrons. The van der Waals surface area contributed by atoms with Crippen LogP contribution in [0.3, 0.4) is 0 Å². The van der Waals surface area contributed by atoms with E-state index in [-0.39, 0.29) is 11.9 Å². The van der Waals surface area contributed by atoms with E-state index in [9.17, 15) is 4.79 Å². The van der Waals surface area contributed by atoms with Gasteiger partial charge >= 0.3 is 0 Å². The molecule has 1 amide bonds. The van der Waals surface area contributed by atoms with E-state index in [4.69, 9.17) is 0 Å². The van der Waals surface area contributed by atoms with Gasteiger partial charge in [-0.05, 0) is 14.0 Å². The lowest BCUT2D eigenvalue weighted by molar-refractivity contribution is -0.124. The van der Waals surface area contributed by atoms with Crippen molar-refractivity contribution in [3.8, 4) is 0 Å². The third-order valence-corrected chi connectivity index (χ3v) is 2.05. The highest BCUT2D eigenvalue weighted by molar-refractivity contribution is 5.82. The van der Waals surface area contributed by atoms with Crippen LogP contribution < -0.4 is 10.6 Å². The van der Waals surface area contributed by atoms with Crippen LogP contribution in [0.15, 0.2) is 0 Å². The Morgan fingerprint density at radius 1 is 1.75 bits per heavy atom. The molecule has 0 aromatic carbocycles. The molecule has 4 heteroatoms. The van der Waals surface area contributed by atoms with E-state index in [0.717, 1.165) is 19.6 Å². The lowest BCUT2D eigenvalue weighted by atomic mass is 10.2. The first kappa shape index (κ1) is 9.48. The van der Waals surface area contributed by atoms with Gasteiger partial charge in [-0.2, -0.15) is 0 Å². The molecule has 0 aliphatic carbocycles. The highest BCUT2D eigenvalue weighted by atomic mass is 16.2. The van der Waals surface area contributed by atoms with Crippen molar-refractivity contribution in [2.45, 2.75) is 13.0 Å². The van der Waals surface area contributed by atoms with Crippen LogP contribution in [0.1, 0.15) is 6.92 Å². The summed E-state index contributed by atoms with van der Waals surface area (Å²) in [5.74, 6) is 0.115. The zero-order chi connectivity index (χ0) is 8.97. The van der Waals surface area contributed by atoms with Crippen molar-refractivity contribution in [2.24, 2.45) is 0 Å². The van der Waals surface area contributed by atoms with Crippen molar-refractivity contribution < 1.29 is 4.79 Å². The summed E-state index contributed by atoms with van der Waals surface area (Å²) in [6.07, 6.45) is 0. The predicted octanol–water partition coefficient (Wildman–Crippen LogP) is -0.974. The van der Waals surface area contributed by atoms with Gasteiger partial charge < -0.3 is 15.5 Å². The number of hydrogen-bond donors (Lipinski definition) is 2. The molecule has 12 heavy (non-hydrogen) atoms. The van der Waals surface area contributed by atoms with Gasteiger partial charge in [-0.25, -0.2) is 0 Å². The van der Waals surface area contributed by atoms with Crippen molar-refractivity contribution in [3.63, 3.8) is 0 Å². The largest absolute Gasteiger partial charge is 0.355 e. The molecule has 1 fully saturated rings. The minimum Gasteiger partial charge on any atom is -0.355 e. The number of rotatable bonds is 2. The standard InChI is InChI=1S/C8H17N3O/c1-3-9-8(12)7-6-11(2)5-4-10-7/h7,10H,3-6H2,1-2H3,(H,9,12). The molecule has 0 aromatic heterocycles. The molecule has 1 aliphatic rings. The highest BCUT2D eigenvalue weighted by Gasteiger charge is 2.22. The molecular formula is C8H17N3O. The monoisotopic (exact) mass is 171 g/mol. The Morgan fingerprint density at radius 2 is 2.50 bits per heavy atom. The van der Waals surface area contributed by atoms with Gasteiger partial charge in [-0.1, -0.05) is 0 Å². The van der Waals surface area contributed by atoms with Crippen molar-refractivity contribution in [3.05, 3.63) is 0 Å². The summed E-state index contributed by atoms with van der Waals surface area (Å²) in [6, 6.07) is -0.0244. The van der Waals surface area contributed by atoms with Gasteiger partial charge in [0.1, 0.15) is 0 Å². The Kier molecular flexibility index (Phi) is 3.49. The number of nitrogens with zero attached hydrogens (tertiary/aromatic N) is 1. The Hall–Kier alpha value is -0.610. The lowest BCUT2D eigenvalue weighted by Gasteiger charge is -2.29. The van der Waals surface area contributed by atoms with Crippen LogP contribution in [0.2, 0.25) is 0 Å². The smallest absolute Gasteiger partial charge is 0.238 e. The zero-order valence-corrected chi connectivity index (χ0v) is 7.76. The summed E-state index contributed by atoms with van der Waals surface area (Å²) in [5, 5.41) is 5.99. The molecule has 1 saturated heterocycles. The number of nitrogens with one attached hydrogen (secondary N) is 2. The second-order valence-electron chi connectivity index (χ2n) is 3.16. The van der Waals surface area contributed by atoms with Gasteiger partial charge in [0.25, 0.3) is 0 Å². The van der Waals surface area contributed by atoms with Gasteiger partial charge in [0, 0.05) is 26.2 Å². The fraction of sp³-hybridized carbons (Fsp3) is 0.875. The number of likely N-dealkylation sites (N-methyl/N-ethyl adjacent to an activating group) is 2. The molecule has 0 spiro atoms. The fourth-order valence-corrected chi connectivity index (χ4v) is 1.37. The average molecular weight is 171 g/mol. The van der Waals surface area contributed by atoms with Crippen LogP contribution in [-0.2, 0) is 4.79 Å². The van der Waals surface area contributed by atoms with E-state index in [1.165, 1.54) is 0 Å². The van der Waals surface area contributed by atoms with E-state index in [2.05, 4.69) is 15.5 Å². The Morgan fingerprint density at radius 3 is 3.08 bits per heavy atom. The molecule has 2 N–H and O–H groups in total. The Bertz CT molecular complexity index is 160. The van der Waals surface area contributed by atoms with Gasteiger partial charge in [0.05, 0.1) is 6.04 Å². The predicted molar refractivity (Wildman–Crippen MR) is 48.0 cm³/mol. The van der Waals surface area contributed by atoms with Gasteiger partial charge in [0.15, 0.2) is 0 Å². The van der Waals surface area contributed by atoms with E-state index < -0.39 is 0 Å². The minimum atomic E-state index is -0.0244. The van der Waals surface area contributed by atoms with E-state index in [1.807, 2.05) is 14.0 Å².